The number of anilines is 1. The molecule has 1 saturated carbocycles. The van der Waals surface area contributed by atoms with Crippen molar-refractivity contribution >= 4 is 11.8 Å². The van der Waals surface area contributed by atoms with Crippen molar-refractivity contribution in [3.8, 4) is 5.75 Å². The maximum Gasteiger partial charge on any atom is 0.339 e. The summed E-state index contributed by atoms with van der Waals surface area (Å²) < 4.78 is 5.50. The van der Waals surface area contributed by atoms with Crippen molar-refractivity contribution in [1.29, 1.82) is 0 Å². The van der Waals surface area contributed by atoms with Crippen LogP contribution in [0.3, 0.4) is 0 Å². The van der Waals surface area contributed by atoms with E-state index < -0.39 is 5.97 Å². The minimum absolute atomic E-state index is 0.0781. The summed E-state index contributed by atoms with van der Waals surface area (Å²) in [6, 6.07) is 1.32. The van der Waals surface area contributed by atoms with E-state index >= 15 is 0 Å². The van der Waals surface area contributed by atoms with Gasteiger partial charge in [0.2, 0.25) is 0 Å². The van der Waals surface area contributed by atoms with Gasteiger partial charge in [-0.2, -0.15) is 0 Å². The number of carboxylic acid groups (broad SMARTS) is 1. The molecule has 0 unspecified atom stereocenters. The van der Waals surface area contributed by atoms with Crippen LogP contribution < -0.4 is 10.5 Å². The van der Waals surface area contributed by atoms with Crippen molar-refractivity contribution in [3.63, 3.8) is 0 Å². The van der Waals surface area contributed by atoms with Crippen LogP contribution in [0.1, 0.15) is 29.6 Å². The van der Waals surface area contributed by atoms with E-state index in [1.54, 1.807) is 0 Å². The molecule has 0 aromatic carbocycles. The number of hydrogen-bond acceptors (Lipinski definition) is 4. The van der Waals surface area contributed by atoms with E-state index in [1.807, 2.05) is 0 Å². The number of nitrogens with two attached hydrogens (primary N) is 1. The number of rotatable bonds is 3. The number of pyridine rings is 1. The Balaban J connectivity index is 2.23. The van der Waals surface area contributed by atoms with Crippen molar-refractivity contribution in [2.24, 2.45) is 0 Å². The van der Waals surface area contributed by atoms with Gasteiger partial charge in [0.1, 0.15) is 11.4 Å². The maximum atomic E-state index is 10.9. The van der Waals surface area contributed by atoms with Gasteiger partial charge in [0.05, 0.1) is 12.3 Å². The molecule has 2 rings (SSSR count). The lowest BCUT2D eigenvalue weighted by atomic mass is 9.96. The van der Waals surface area contributed by atoms with Crippen molar-refractivity contribution in [3.05, 3.63) is 17.8 Å². The van der Waals surface area contributed by atoms with Gasteiger partial charge >= 0.3 is 5.97 Å². The lowest BCUT2D eigenvalue weighted by Crippen LogP contribution is -2.25. The molecule has 5 nitrogen and oxygen atoms in total. The molecule has 5 heteroatoms. The number of carboxylic acids is 1. The highest BCUT2D eigenvalue weighted by atomic mass is 16.5. The van der Waals surface area contributed by atoms with E-state index in [2.05, 4.69) is 4.98 Å². The Labute approximate surface area is 86.9 Å². The number of aromatic carboxylic acids is 1. The van der Waals surface area contributed by atoms with Crippen LogP contribution in [0.5, 0.6) is 5.75 Å². The molecule has 15 heavy (non-hydrogen) atoms. The first kappa shape index (κ1) is 9.76. The van der Waals surface area contributed by atoms with E-state index in [1.165, 1.54) is 12.3 Å². The fraction of sp³-hybridized carbons (Fsp3) is 0.400. The van der Waals surface area contributed by atoms with Crippen LogP contribution in [-0.2, 0) is 0 Å². The number of carbonyl (C=O) groups is 1. The zero-order valence-corrected chi connectivity index (χ0v) is 8.14. The van der Waals surface area contributed by atoms with Crippen LogP contribution in [-0.4, -0.2) is 22.2 Å². The molecule has 1 aliphatic rings. The van der Waals surface area contributed by atoms with Gasteiger partial charge in [-0.15, -0.1) is 0 Å². The van der Waals surface area contributed by atoms with Crippen LogP contribution >= 0.6 is 0 Å². The smallest absolute Gasteiger partial charge is 0.339 e. The van der Waals surface area contributed by atoms with Gasteiger partial charge in [0.15, 0.2) is 5.75 Å². The average molecular weight is 208 g/mol. The van der Waals surface area contributed by atoms with Gasteiger partial charge in [-0.1, -0.05) is 0 Å². The third-order valence-corrected chi connectivity index (χ3v) is 2.46. The minimum atomic E-state index is -1.04. The fourth-order valence-corrected chi connectivity index (χ4v) is 1.39. The topological polar surface area (TPSA) is 85.4 Å². The lowest BCUT2D eigenvalue weighted by molar-refractivity contribution is 0.0679. The Kier molecular flexibility index (Phi) is 2.45. The Morgan fingerprint density at radius 1 is 1.60 bits per heavy atom. The average Bonchev–Trinajstić information content (AvgIpc) is 2.12. The normalized spacial score (nSPS) is 15.7. The highest BCUT2D eigenvalue weighted by molar-refractivity contribution is 5.91. The first-order valence-corrected chi connectivity index (χ1v) is 4.82. The second kappa shape index (κ2) is 3.76. The van der Waals surface area contributed by atoms with E-state index in [4.69, 9.17) is 15.6 Å². The zero-order valence-electron chi connectivity index (χ0n) is 8.14. The summed E-state index contributed by atoms with van der Waals surface area (Å²) in [5.74, 6) is -0.548. The Morgan fingerprint density at radius 3 is 2.87 bits per heavy atom. The fourth-order valence-electron chi connectivity index (χ4n) is 1.39. The SMILES string of the molecule is Nc1cc(C(=O)O)c(OC2CCC2)cn1. The molecule has 80 valence electrons. The standard InChI is InChI=1S/C10H12N2O3/c11-9-4-7(10(13)14)8(5-12-9)15-6-2-1-3-6/h4-6H,1-3H2,(H2,11,12)(H,13,14). The first-order chi connectivity index (χ1) is 7.16. The molecule has 0 aliphatic heterocycles. The summed E-state index contributed by atoms with van der Waals surface area (Å²) in [4.78, 5) is 14.7. The van der Waals surface area contributed by atoms with Gasteiger partial charge in [-0.25, -0.2) is 9.78 Å². The van der Waals surface area contributed by atoms with Gasteiger partial charge in [0.25, 0.3) is 0 Å². The molecule has 0 amide bonds. The second-order valence-electron chi connectivity index (χ2n) is 3.58. The quantitative estimate of drug-likeness (QED) is 0.781. The molecule has 1 aliphatic carbocycles. The van der Waals surface area contributed by atoms with Gasteiger partial charge in [-0.3, -0.25) is 0 Å². The van der Waals surface area contributed by atoms with Gasteiger partial charge in [0, 0.05) is 0 Å². The molecule has 1 heterocycles. The third-order valence-electron chi connectivity index (χ3n) is 2.46. The molecule has 0 saturated heterocycles. The predicted octanol–water partition coefficient (Wildman–Crippen LogP) is 1.29. The first-order valence-electron chi connectivity index (χ1n) is 4.82. The second-order valence-corrected chi connectivity index (χ2v) is 3.58. The monoisotopic (exact) mass is 208 g/mol. The predicted molar refractivity (Wildman–Crippen MR) is 53.9 cm³/mol. The molecule has 3 N–H and O–H groups in total. The van der Waals surface area contributed by atoms with E-state index in [9.17, 15) is 4.79 Å². The van der Waals surface area contributed by atoms with Gasteiger partial charge in [-0.05, 0) is 25.3 Å². The molecule has 0 bridgehead atoms. The molecular weight excluding hydrogens is 196 g/mol. The summed E-state index contributed by atoms with van der Waals surface area (Å²) in [6.45, 7) is 0. The molecule has 0 atom stereocenters. The number of nitrogens with zero attached hydrogens (tertiary/aromatic N) is 1. The van der Waals surface area contributed by atoms with Crippen molar-refractivity contribution in [2.45, 2.75) is 25.4 Å². The number of ether oxygens (including phenoxy) is 1. The van der Waals surface area contributed by atoms with E-state index in [-0.39, 0.29) is 17.5 Å². The zero-order chi connectivity index (χ0) is 10.8. The molecule has 1 aromatic heterocycles. The third kappa shape index (κ3) is 2.01. The summed E-state index contributed by atoms with van der Waals surface area (Å²) in [5.41, 5.74) is 5.49. The summed E-state index contributed by atoms with van der Waals surface area (Å²) >= 11 is 0. The van der Waals surface area contributed by atoms with Crippen molar-refractivity contribution < 1.29 is 14.6 Å². The highest BCUT2D eigenvalue weighted by Crippen LogP contribution is 2.27. The summed E-state index contributed by atoms with van der Waals surface area (Å²) in [5, 5.41) is 8.93. The van der Waals surface area contributed by atoms with Crippen LogP contribution in [0, 0.1) is 0 Å². The summed E-state index contributed by atoms with van der Waals surface area (Å²) in [6.07, 6.45) is 4.59. The minimum Gasteiger partial charge on any atom is -0.488 e. The van der Waals surface area contributed by atoms with Crippen LogP contribution in [0.4, 0.5) is 5.82 Å². The highest BCUT2D eigenvalue weighted by Gasteiger charge is 2.22. The van der Waals surface area contributed by atoms with Crippen LogP contribution in [0.2, 0.25) is 0 Å². The van der Waals surface area contributed by atoms with Crippen molar-refractivity contribution in [2.75, 3.05) is 5.73 Å². The molecule has 1 fully saturated rings. The molecule has 0 radical (unpaired) electrons. The van der Waals surface area contributed by atoms with E-state index in [0.29, 0.717) is 5.75 Å². The number of aromatic nitrogens is 1. The van der Waals surface area contributed by atoms with Crippen LogP contribution in [0.25, 0.3) is 0 Å². The molecule has 1 aromatic rings. The molecular formula is C10H12N2O3. The number of hydrogen-bond donors (Lipinski definition) is 2. The largest absolute Gasteiger partial charge is 0.488 e. The Hall–Kier alpha value is -1.78. The Morgan fingerprint density at radius 2 is 2.33 bits per heavy atom. The number of nitrogen functional groups attached to an aromatic ring is 1. The lowest BCUT2D eigenvalue weighted by Gasteiger charge is -2.26. The maximum absolute atomic E-state index is 10.9. The van der Waals surface area contributed by atoms with E-state index in [0.717, 1.165) is 19.3 Å². The Bertz CT molecular complexity index is 388. The molecule has 0 spiro atoms. The summed E-state index contributed by atoms with van der Waals surface area (Å²) in [7, 11) is 0. The van der Waals surface area contributed by atoms with Crippen molar-refractivity contribution in [1.82, 2.24) is 4.98 Å². The van der Waals surface area contributed by atoms with Crippen LogP contribution in [0.15, 0.2) is 12.3 Å². The van der Waals surface area contributed by atoms with Gasteiger partial charge < -0.3 is 15.6 Å².